The maximum atomic E-state index is 12.0. The number of aryl methyl sites for hydroxylation is 1. The fourth-order valence-corrected chi connectivity index (χ4v) is 2.85. The molecule has 1 fully saturated rings. The van der Waals surface area contributed by atoms with Gasteiger partial charge < -0.3 is 10.0 Å². The first-order valence-corrected chi connectivity index (χ1v) is 8.11. The Balaban J connectivity index is 1.65. The Morgan fingerprint density at radius 2 is 2.00 bits per heavy atom. The lowest BCUT2D eigenvalue weighted by molar-refractivity contribution is 0.0954. The van der Waals surface area contributed by atoms with E-state index < -0.39 is 0 Å². The molecule has 2 N–H and O–H groups in total. The molecule has 0 atom stereocenters. The summed E-state index contributed by atoms with van der Waals surface area (Å²) in [4.78, 5) is 14.3. The zero-order valence-electron chi connectivity index (χ0n) is 13.7. The van der Waals surface area contributed by atoms with Gasteiger partial charge in [0.2, 0.25) is 0 Å². The Morgan fingerprint density at radius 1 is 1.21 bits per heavy atom. The molecule has 3 rings (SSSR count). The number of nitrogens with one attached hydrogen (secondary N) is 1. The number of hydrogen-bond donors (Lipinski definition) is 2. The molecule has 0 unspecified atom stereocenters. The first-order valence-electron chi connectivity index (χ1n) is 8.11. The molecule has 0 spiro atoms. The normalized spacial score (nSPS) is 14.3. The second-order valence-corrected chi connectivity index (χ2v) is 5.98. The SMILES string of the molecule is Cc1cc(N2CCCC2)ccc1/C=N/NC(=O)c1cccc(O)c1. The summed E-state index contributed by atoms with van der Waals surface area (Å²) in [7, 11) is 0. The molecule has 5 nitrogen and oxygen atoms in total. The maximum Gasteiger partial charge on any atom is 0.271 e. The number of rotatable bonds is 4. The zero-order chi connectivity index (χ0) is 16.9. The Kier molecular flexibility index (Phi) is 4.79. The second-order valence-electron chi connectivity index (χ2n) is 5.98. The molecule has 5 heteroatoms. The van der Waals surface area contributed by atoms with E-state index in [1.54, 1.807) is 18.3 Å². The van der Waals surface area contributed by atoms with Gasteiger partial charge in [-0.3, -0.25) is 4.79 Å². The molecule has 0 radical (unpaired) electrons. The van der Waals surface area contributed by atoms with Gasteiger partial charge in [0.1, 0.15) is 5.75 Å². The molecule has 0 aliphatic carbocycles. The Bertz CT molecular complexity index is 765. The van der Waals surface area contributed by atoms with Crippen LogP contribution in [0.3, 0.4) is 0 Å². The van der Waals surface area contributed by atoms with Crippen LogP contribution in [0, 0.1) is 6.92 Å². The average Bonchev–Trinajstić information content (AvgIpc) is 3.10. The third-order valence-corrected chi connectivity index (χ3v) is 4.20. The number of hydrogen-bond acceptors (Lipinski definition) is 4. The van der Waals surface area contributed by atoms with Crippen molar-refractivity contribution in [2.24, 2.45) is 5.10 Å². The molecular formula is C19H21N3O2. The van der Waals surface area contributed by atoms with E-state index in [4.69, 9.17) is 0 Å². The van der Waals surface area contributed by atoms with Gasteiger partial charge in [0.15, 0.2) is 0 Å². The number of amides is 1. The molecule has 0 saturated carbocycles. The molecule has 1 aliphatic heterocycles. The highest BCUT2D eigenvalue weighted by molar-refractivity contribution is 5.95. The van der Waals surface area contributed by atoms with Crippen molar-refractivity contribution in [3.8, 4) is 5.75 Å². The predicted molar refractivity (Wildman–Crippen MR) is 95.8 cm³/mol. The van der Waals surface area contributed by atoms with Crippen molar-refractivity contribution in [2.75, 3.05) is 18.0 Å². The van der Waals surface area contributed by atoms with Gasteiger partial charge in [-0.05, 0) is 61.2 Å². The predicted octanol–water partition coefficient (Wildman–Crippen LogP) is 3.06. The lowest BCUT2D eigenvalue weighted by atomic mass is 10.1. The van der Waals surface area contributed by atoms with Crippen LogP contribution < -0.4 is 10.3 Å². The fraction of sp³-hybridized carbons (Fsp3) is 0.263. The monoisotopic (exact) mass is 323 g/mol. The van der Waals surface area contributed by atoms with Gasteiger partial charge in [-0.2, -0.15) is 5.10 Å². The van der Waals surface area contributed by atoms with Crippen LogP contribution in [0.25, 0.3) is 0 Å². The number of anilines is 1. The topological polar surface area (TPSA) is 64.9 Å². The maximum absolute atomic E-state index is 12.0. The minimum Gasteiger partial charge on any atom is -0.508 e. The van der Waals surface area contributed by atoms with Crippen LogP contribution in [0.4, 0.5) is 5.69 Å². The molecule has 1 saturated heterocycles. The number of nitrogens with zero attached hydrogens (tertiary/aromatic N) is 2. The molecule has 0 aromatic heterocycles. The fourth-order valence-electron chi connectivity index (χ4n) is 2.85. The van der Waals surface area contributed by atoms with Gasteiger partial charge in [0.05, 0.1) is 6.21 Å². The van der Waals surface area contributed by atoms with E-state index in [0.717, 1.165) is 24.2 Å². The molecular weight excluding hydrogens is 302 g/mol. The molecule has 124 valence electrons. The van der Waals surface area contributed by atoms with E-state index in [1.807, 2.05) is 13.0 Å². The third kappa shape index (κ3) is 3.74. The van der Waals surface area contributed by atoms with Crippen molar-refractivity contribution in [3.05, 3.63) is 59.2 Å². The summed E-state index contributed by atoms with van der Waals surface area (Å²) < 4.78 is 0. The minimum absolute atomic E-state index is 0.0555. The third-order valence-electron chi connectivity index (χ3n) is 4.20. The average molecular weight is 323 g/mol. The summed E-state index contributed by atoms with van der Waals surface area (Å²) in [5.41, 5.74) is 6.18. The van der Waals surface area contributed by atoms with Gasteiger partial charge in [-0.1, -0.05) is 12.1 Å². The van der Waals surface area contributed by atoms with Crippen LogP contribution in [0.5, 0.6) is 5.75 Å². The van der Waals surface area contributed by atoms with E-state index >= 15 is 0 Å². The summed E-state index contributed by atoms with van der Waals surface area (Å²) in [6.45, 7) is 4.28. The quantitative estimate of drug-likeness (QED) is 0.671. The smallest absolute Gasteiger partial charge is 0.271 e. The van der Waals surface area contributed by atoms with Crippen LogP contribution in [-0.2, 0) is 0 Å². The second kappa shape index (κ2) is 7.17. The summed E-state index contributed by atoms with van der Waals surface area (Å²) in [6, 6.07) is 12.4. The number of phenolic OH excluding ortho intramolecular Hbond substituents is 1. The molecule has 0 bridgehead atoms. The van der Waals surface area contributed by atoms with E-state index in [9.17, 15) is 9.90 Å². The Morgan fingerprint density at radius 3 is 2.71 bits per heavy atom. The van der Waals surface area contributed by atoms with Crippen molar-refractivity contribution in [1.29, 1.82) is 0 Å². The number of phenols is 1. The molecule has 2 aromatic rings. The lowest BCUT2D eigenvalue weighted by Crippen LogP contribution is -2.18. The highest BCUT2D eigenvalue weighted by Gasteiger charge is 2.12. The van der Waals surface area contributed by atoms with Crippen molar-refractivity contribution in [1.82, 2.24) is 5.43 Å². The number of carbonyl (C=O) groups excluding carboxylic acids is 1. The first-order chi connectivity index (χ1) is 11.6. The molecule has 1 amide bonds. The van der Waals surface area contributed by atoms with Crippen molar-refractivity contribution < 1.29 is 9.90 Å². The highest BCUT2D eigenvalue weighted by Crippen LogP contribution is 2.22. The number of aromatic hydroxyl groups is 1. The summed E-state index contributed by atoms with van der Waals surface area (Å²) in [5.74, 6) is -0.298. The Hall–Kier alpha value is -2.82. The largest absolute Gasteiger partial charge is 0.508 e. The van der Waals surface area contributed by atoms with Gasteiger partial charge in [-0.15, -0.1) is 0 Å². The standard InChI is InChI=1S/C19H21N3O2/c1-14-11-17(22-9-2-3-10-22)8-7-16(14)13-20-21-19(24)15-5-4-6-18(23)12-15/h4-8,11-13,23H,2-3,9-10H2,1H3,(H,21,24)/b20-13+. The minimum atomic E-state index is -0.353. The molecule has 1 aliphatic rings. The van der Waals surface area contributed by atoms with Crippen molar-refractivity contribution in [3.63, 3.8) is 0 Å². The highest BCUT2D eigenvalue weighted by atomic mass is 16.3. The number of carbonyl (C=O) groups is 1. The van der Waals surface area contributed by atoms with Crippen LogP contribution in [0.1, 0.15) is 34.3 Å². The van der Waals surface area contributed by atoms with Gasteiger partial charge in [0.25, 0.3) is 5.91 Å². The summed E-state index contributed by atoms with van der Waals surface area (Å²) in [5, 5.41) is 13.4. The molecule has 24 heavy (non-hydrogen) atoms. The Labute approximate surface area is 141 Å². The van der Waals surface area contributed by atoms with E-state index in [0.29, 0.717) is 5.56 Å². The molecule has 1 heterocycles. The van der Waals surface area contributed by atoms with Crippen LogP contribution in [0.2, 0.25) is 0 Å². The lowest BCUT2D eigenvalue weighted by Gasteiger charge is -2.18. The molecule has 2 aromatic carbocycles. The van der Waals surface area contributed by atoms with E-state index in [2.05, 4.69) is 27.6 Å². The van der Waals surface area contributed by atoms with Crippen LogP contribution in [0.15, 0.2) is 47.6 Å². The first kappa shape index (κ1) is 16.1. The van der Waals surface area contributed by atoms with Gasteiger partial charge in [0, 0.05) is 24.3 Å². The van der Waals surface area contributed by atoms with Gasteiger partial charge in [-0.25, -0.2) is 5.43 Å². The van der Waals surface area contributed by atoms with E-state index in [1.165, 1.54) is 30.7 Å². The summed E-state index contributed by atoms with van der Waals surface area (Å²) >= 11 is 0. The van der Waals surface area contributed by atoms with E-state index in [-0.39, 0.29) is 11.7 Å². The van der Waals surface area contributed by atoms with Crippen LogP contribution in [-0.4, -0.2) is 30.3 Å². The summed E-state index contributed by atoms with van der Waals surface area (Å²) in [6.07, 6.45) is 4.15. The number of hydrazone groups is 1. The van der Waals surface area contributed by atoms with Crippen molar-refractivity contribution in [2.45, 2.75) is 19.8 Å². The zero-order valence-corrected chi connectivity index (χ0v) is 13.7. The number of benzene rings is 2. The van der Waals surface area contributed by atoms with Crippen LogP contribution >= 0.6 is 0 Å². The van der Waals surface area contributed by atoms with Crippen molar-refractivity contribution >= 4 is 17.8 Å². The van der Waals surface area contributed by atoms with Gasteiger partial charge >= 0.3 is 0 Å².